The van der Waals surface area contributed by atoms with Crippen LogP contribution in [-0.2, 0) is 4.74 Å². The molecule has 0 unspecified atom stereocenters. The van der Waals surface area contributed by atoms with Gasteiger partial charge in [0.1, 0.15) is 0 Å². The Morgan fingerprint density at radius 3 is 2.38 bits per heavy atom. The van der Waals surface area contributed by atoms with Gasteiger partial charge in [-0.3, -0.25) is 5.43 Å². The van der Waals surface area contributed by atoms with E-state index in [1.165, 1.54) is 19.2 Å². The summed E-state index contributed by atoms with van der Waals surface area (Å²) < 4.78 is 4.67. The number of hydrogen-bond acceptors (Lipinski definition) is 5. The maximum atomic E-state index is 11.3. The zero-order valence-electron chi connectivity index (χ0n) is 11.7. The molecular formula is C14H17N3O4. The molecule has 112 valence electrons. The number of rotatable bonds is 3. The molecule has 0 aliphatic carbocycles. The fourth-order valence-corrected chi connectivity index (χ4v) is 2.02. The summed E-state index contributed by atoms with van der Waals surface area (Å²) in [5.41, 5.74) is 4.83. The van der Waals surface area contributed by atoms with Crippen LogP contribution in [0.5, 0.6) is 0 Å². The molecule has 0 spiro atoms. The third kappa shape index (κ3) is 3.95. The van der Waals surface area contributed by atoms with E-state index in [1.54, 1.807) is 17.0 Å². The SMILES string of the molecule is COC(=O)N1CCC(=NNc2ccc(C(=O)O)cc2)CC1. The van der Waals surface area contributed by atoms with Crippen LogP contribution in [0.3, 0.4) is 0 Å². The summed E-state index contributed by atoms with van der Waals surface area (Å²) in [5, 5.41) is 13.1. The van der Waals surface area contributed by atoms with Gasteiger partial charge in [0.25, 0.3) is 0 Å². The van der Waals surface area contributed by atoms with E-state index in [-0.39, 0.29) is 11.7 Å². The monoisotopic (exact) mass is 291 g/mol. The lowest BCUT2D eigenvalue weighted by Crippen LogP contribution is -2.38. The number of methoxy groups -OCH3 is 1. The second-order valence-corrected chi connectivity index (χ2v) is 4.63. The number of nitrogens with zero attached hydrogens (tertiary/aromatic N) is 2. The first kappa shape index (κ1) is 14.8. The van der Waals surface area contributed by atoms with E-state index in [0.29, 0.717) is 25.9 Å². The van der Waals surface area contributed by atoms with E-state index in [0.717, 1.165) is 11.4 Å². The molecule has 0 radical (unpaired) electrons. The minimum atomic E-state index is -0.956. The number of piperidine rings is 1. The Bertz CT molecular complexity index is 544. The van der Waals surface area contributed by atoms with Crippen LogP contribution in [0.2, 0.25) is 0 Å². The summed E-state index contributed by atoms with van der Waals surface area (Å²) in [6.07, 6.45) is 1.07. The van der Waals surface area contributed by atoms with E-state index in [9.17, 15) is 9.59 Å². The van der Waals surface area contributed by atoms with Crippen LogP contribution in [0.15, 0.2) is 29.4 Å². The van der Waals surface area contributed by atoms with Crippen molar-refractivity contribution < 1.29 is 19.4 Å². The van der Waals surface area contributed by atoms with Gasteiger partial charge in [0.15, 0.2) is 0 Å². The van der Waals surface area contributed by atoms with Gasteiger partial charge in [-0.1, -0.05) is 0 Å². The van der Waals surface area contributed by atoms with Crippen LogP contribution in [0, 0.1) is 0 Å². The van der Waals surface area contributed by atoms with E-state index >= 15 is 0 Å². The fourth-order valence-electron chi connectivity index (χ4n) is 2.02. The highest BCUT2D eigenvalue weighted by Crippen LogP contribution is 2.12. The van der Waals surface area contributed by atoms with Gasteiger partial charge in [-0.15, -0.1) is 0 Å². The summed E-state index contributed by atoms with van der Waals surface area (Å²) >= 11 is 0. The number of carboxylic acid groups (broad SMARTS) is 1. The number of likely N-dealkylation sites (tertiary alicyclic amines) is 1. The van der Waals surface area contributed by atoms with Crippen molar-refractivity contribution in [3.05, 3.63) is 29.8 Å². The summed E-state index contributed by atoms with van der Waals surface area (Å²) in [4.78, 5) is 23.7. The van der Waals surface area contributed by atoms with Crippen molar-refractivity contribution in [1.29, 1.82) is 0 Å². The van der Waals surface area contributed by atoms with Crippen molar-refractivity contribution in [3.63, 3.8) is 0 Å². The molecule has 0 saturated carbocycles. The van der Waals surface area contributed by atoms with Crippen molar-refractivity contribution in [2.45, 2.75) is 12.8 Å². The molecule has 1 heterocycles. The molecule has 0 bridgehead atoms. The van der Waals surface area contributed by atoms with Crippen LogP contribution in [-0.4, -0.2) is 48.0 Å². The van der Waals surface area contributed by atoms with E-state index in [1.807, 2.05) is 0 Å². The Labute approximate surface area is 122 Å². The van der Waals surface area contributed by atoms with Crippen LogP contribution in [0.25, 0.3) is 0 Å². The first-order valence-corrected chi connectivity index (χ1v) is 6.58. The van der Waals surface area contributed by atoms with Gasteiger partial charge in [-0.05, 0) is 24.3 Å². The molecular weight excluding hydrogens is 274 g/mol. The standard InChI is InChI=1S/C14H17N3O4/c1-21-14(20)17-8-6-12(7-9-17)16-15-11-4-2-10(3-5-11)13(18)19/h2-5,15H,6-9H2,1H3,(H,18,19). The Morgan fingerprint density at radius 2 is 1.86 bits per heavy atom. The lowest BCUT2D eigenvalue weighted by molar-refractivity contribution is 0.0697. The highest BCUT2D eigenvalue weighted by Gasteiger charge is 2.19. The molecule has 1 amide bonds. The summed E-state index contributed by atoms with van der Waals surface area (Å²) in [5.74, 6) is -0.956. The van der Waals surface area contributed by atoms with Crippen molar-refractivity contribution in [1.82, 2.24) is 4.90 Å². The Morgan fingerprint density at radius 1 is 1.24 bits per heavy atom. The number of anilines is 1. The Balaban J connectivity index is 1.88. The van der Waals surface area contributed by atoms with Gasteiger partial charge in [0, 0.05) is 31.6 Å². The van der Waals surface area contributed by atoms with Gasteiger partial charge >= 0.3 is 12.1 Å². The first-order valence-electron chi connectivity index (χ1n) is 6.58. The second kappa shape index (κ2) is 6.74. The molecule has 21 heavy (non-hydrogen) atoms. The van der Waals surface area contributed by atoms with Crippen LogP contribution in [0.4, 0.5) is 10.5 Å². The van der Waals surface area contributed by atoms with Crippen LogP contribution >= 0.6 is 0 Å². The smallest absolute Gasteiger partial charge is 0.409 e. The summed E-state index contributed by atoms with van der Waals surface area (Å²) in [7, 11) is 1.37. The number of carboxylic acids is 1. The molecule has 0 atom stereocenters. The molecule has 0 aromatic heterocycles. The number of aromatic carboxylic acids is 1. The first-order chi connectivity index (χ1) is 10.1. The molecule has 1 saturated heterocycles. The van der Waals surface area contributed by atoms with Crippen LogP contribution in [0.1, 0.15) is 23.2 Å². The van der Waals surface area contributed by atoms with Crippen molar-refractivity contribution >= 4 is 23.5 Å². The van der Waals surface area contributed by atoms with Gasteiger partial charge in [0.2, 0.25) is 0 Å². The van der Waals surface area contributed by atoms with Crippen molar-refractivity contribution in [2.75, 3.05) is 25.6 Å². The maximum absolute atomic E-state index is 11.3. The number of carbonyl (C=O) groups excluding carboxylic acids is 1. The Kier molecular flexibility index (Phi) is 4.76. The average Bonchev–Trinajstić information content (AvgIpc) is 2.53. The quantitative estimate of drug-likeness (QED) is 0.831. The van der Waals surface area contributed by atoms with Crippen molar-refractivity contribution in [3.8, 4) is 0 Å². The largest absolute Gasteiger partial charge is 0.478 e. The number of nitrogens with one attached hydrogen (secondary N) is 1. The molecule has 7 heteroatoms. The van der Waals surface area contributed by atoms with E-state index < -0.39 is 5.97 Å². The number of amides is 1. The molecule has 1 aromatic rings. The van der Waals surface area contributed by atoms with Gasteiger partial charge in [-0.2, -0.15) is 5.10 Å². The number of ether oxygens (including phenoxy) is 1. The minimum Gasteiger partial charge on any atom is -0.478 e. The fraction of sp³-hybridized carbons (Fsp3) is 0.357. The molecule has 1 aromatic carbocycles. The van der Waals surface area contributed by atoms with Gasteiger partial charge < -0.3 is 14.7 Å². The predicted molar refractivity (Wildman–Crippen MR) is 77.7 cm³/mol. The lowest BCUT2D eigenvalue weighted by Gasteiger charge is -2.26. The number of hydrazone groups is 1. The molecule has 1 aliphatic rings. The molecule has 2 N–H and O–H groups in total. The number of benzene rings is 1. The highest BCUT2D eigenvalue weighted by molar-refractivity contribution is 5.88. The predicted octanol–water partition coefficient (Wildman–Crippen LogP) is 2.01. The van der Waals surface area contributed by atoms with Crippen LogP contribution < -0.4 is 5.43 Å². The van der Waals surface area contributed by atoms with E-state index in [2.05, 4.69) is 15.3 Å². The zero-order valence-corrected chi connectivity index (χ0v) is 11.7. The summed E-state index contributed by atoms with van der Waals surface area (Å²) in [6, 6.07) is 6.36. The van der Waals surface area contributed by atoms with Gasteiger partial charge in [0.05, 0.1) is 18.4 Å². The lowest BCUT2D eigenvalue weighted by atomic mass is 10.1. The molecule has 7 nitrogen and oxygen atoms in total. The number of hydrogen-bond donors (Lipinski definition) is 2. The minimum absolute atomic E-state index is 0.236. The third-order valence-electron chi connectivity index (χ3n) is 3.25. The summed E-state index contributed by atoms with van der Waals surface area (Å²) in [6.45, 7) is 1.18. The average molecular weight is 291 g/mol. The molecule has 1 fully saturated rings. The zero-order chi connectivity index (χ0) is 15.2. The topological polar surface area (TPSA) is 91.2 Å². The maximum Gasteiger partial charge on any atom is 0.409 e. The molecule has 1 aliphatic heterocycles. The van der Waals surface area contributed by atoms with E-state index in [4.69, 9.17) is 5.11 Å². The van der Waals surface area contributed by atoms with Gasteiger partial charge in [-0.25, -0.2) is 9.59 Å². The second-order valence-electron chi connectivity index (χ2n) is 4.63. The third-order valence-corrected chi connectivity index (χ3v) is 3.25. The van der Waals surface area contributed by atoms with Crippen molar-refractivity contribution in [2.24, 2.45) is 5.10 Å². The highest BCUT2D eigenvalue weighted by atomic mass is 16.5. The number of carbonyl (C=O) groups is 2. The Hall–Kier alpha value is -2.57. The normalized spacial score (nSPS) is 14.5. The molecule has 2 rings (SSSR count).